The zero-order chi connectivity index (χ0) is 10.1. The lowest BCUT2D eigenvalue weighted by molar-refractivity contribution is 1.08. The van der Waals surface area contributed by atoms with Crippen molar-refractivity contribution in [2.45, 2.75) is 13.3 Å². The Labute approximate surface area is 86.3 Å². The van der Waals surface area contributed by atoms with Crippen LogP contribution in [0.5, 0.6) is 0 Å². The molecule has 0 amide bonds. The number of H-pyrrole nitrogens is 1. The number of rotatable bonds is 1. The van der Waals surface area contributed by atoms with E-state index >= 15 is 0 Å². The Kier molecular flexibility index (Phi) is 2.14. The molecule has 2 aromatic rings. The minimum Gasteiger partial charge on any atom is -0.341 e. The van der Waals surface area contributed by atoms with Gasteiger partial charge in [0.25, 0.3) is 0 Å². The molecule has 0 saturated carbocycles. The minimum atomic E-state index is 0.282. The Hall–Kier alpha value is -1.53. The zero-order valence-electron chi connectivity index (χ0n) is 7.63. The molecule has 0 unspecified atom stereocenters. The Bertz CT molecular complexity index is 522. The van der Waals surface area contributed by atoms with Gasteiger partial charge in [-0.25, -0.2) is 4.98 Å². The molecule has 0 aliphatic carbocycles. The highest BCUT2D eigenvalue weighted by Crippen LogP contribution is 2.23. The Morgan fingerprint density at radius 1 is 1.57 bits per heavy atom. The first kappa shape index (κ1) is 9.04. The van der Waals surface area contributed by atoms with Crippen LogP contribution in [0.15, 0.2) is 12.1 Å². The number of benzene rings is 1. The molecule has 0 aliphatic rings. The fraction of sp³-hybridized carbons (Fsp3) is 0.200. The lowest BCUT2D eigenvalue weighted by Crippen LogP contribution is -1.82. The number of nitrogens with zero attached hydrogens (tertiary/aromatic N) is 2. The van der Waals surface area contributed by atoms with E-state index in [1.807, 2.05) is 25.1 Å². The summed E-state index contributed by atoms with van der Waals surface area (Å²) in [5.74, 6) is 0.662. The van der Waals surface area contributed by atoms with E-state index in [4.69, 9.17) is 16.9 Å². The lowest BCUT2D eigenvalue weighted by atomic mass is 10.2. The number of halogens is 1. The van der Waals surface area contributed by atoms with Gasteiger partial charge in [-0.1, -0.05) is 11.6 Å². The van der Waals surface area contributed by atoms with E-state index in [1.54, 1.807) is 0 Å². The topological polar surface area (TPSA) is 52.5 Å². The summed E-state index contributed by atoms with van der Waals surface area (Å²) in [4.78, 5) is 7.29. The van der Waals surface area contributed by atoms with Crippen LogP contribution >= 0.6 is 11.6 Å². The second-order valence-electron chi connectivity index (χ2n) is 3.16. The third-order valence-corrected chi connectivity index (χ3v) is 2.27. The maximum atomic E-state index is 8.53. The van der Waals surface area contributed by atoms with Crippen LogP contribution in [0.1, 0.15) is 11.4 Å². The predicted octanol–water partition coefficient (Wildman–Crippen LogP) is 2.59. The Balaban J connectivity index is 2.66. The molecule has 0 aliphatic heterocycles. The van der Waals surface area contributed by atoms with Gasteiger partial charge in [-0.2, -0.15) is 5.26 Å². The zero-order valence-corrected chi connectivity index (χ0v) is 8.39. The number of hydrogen-bond donors (Lipinski definition) is 1. The van der Waals surface area contributed by atoms with Crippen molar-refractivity contribution in [1.29, 1.82) is 5.26 Å². The molecule has 0 radical (unpaired) electrons. The van der Waals surface area contributed by atoms with Gasteiger partial charge in [-0.05, 0) is 24.6 Å². The SMILES string of the molecule is Cc1cc(Cl)c2nc(CC#N)[nH]c2c1. The van der Waals surface area contributed by atoms with Crippen molar-refractivity contribution in [2.75, 3.05) is 0 Å². The Morgan fingerprint density at radius 3 is 3.07 bits per heavy atom. The summed E-state index contributed by atoms with van der Waals surface area (Å²) in [7, 11) is 0. The third-order valence-electron chi connectivity index (χ3n) is 1.98. The highest BCUT2D eigenvalue weighted by atomic mass is 35.5. The molecular weight excluding hydrogens is 198 g/mol. The van der Waals surface area contributed by atoms with Gasteiger partial charge in [0.2, 0.25) is 0 Å². The number of fused-ring (bicyclic) bond motifs is 1. The van der Waals surface area contributed by atoms with Crippen molar-refractivity contribution in [2.24, 2.45) is 0 Å². The largest absolute Gasteiger partial charge is 0.341 e. The van der Waals surface area contributed by atoms with Crippen LogP contribution in [0.25, 0.3) is 11.0 Å². The molecular formula is C10H8ClN3. The van der Waals surface area contributed by atoms with Crippen LogP contribution in [0, 0.1) is 18.3 Å². The fourth-order valence-electron chi connectivity index (χ4n) is 1.42. The molecule has 2 rings (SSSR count). The van der Waals surface area contributed by atoms with Crippen molar-refractivity contribution < 1.29 is 0 Å². The number of imidazole rings is 1. The van der Waals surface area contributed by atoms with Crippen LogP contribution in [0.4, 0.5) is 0 Å². The van der Waals surface area contributed by atoms with Crippen molar-refractivity contribution >= 4 is 22.6 Å². The molecule has 1 aromatic heterocycles. The Morgan fingerprint density at radius 2 is 2.36 bits per heavy atom. The van der Waals surface area contributed by atoms with E-state index in [9.17, 15) is 0 Å². The maximum absolute atomic E-state index is 8.53. The molecule has 0 bridgehead atoms. The van der Waals surface area contributed by atoms with E-state index in [2.05, 4.69) is 9.97 Å². The molecule has 1 heterocycles. The molecule has 1 aromatic carbocycles. The molecule has 3 nitrogen and oxygen atoms in total. The molecule has 0 spiro atoms. The summed E-state index contributed by atoms with van der Waals surface area (Å²) in [6.07, 6.45) is 0.282. The van der Waals surface area contributed by atoms with Gasteiger partial charge in [0, 0.05) is 0 Å². The van der Waals surface area contributed by atoms with Crippen molar-refractivity contribution in [3.8, 4) is 6.07 Å². The van der Waals surface area contributed by atoms with E-state index < -0.39 is 0 Å². The maximum Gasteiger partial charge on any atom is 0.121 e. The third kappa shape index (κ3) is 1.45. The average molecular weight is 206 g/mol. The fourth-order valence-corrected chi connectivity index (χ4v) is 1.74. The van der Waals surface area contributed by atoms with E-state index in [1.165, 1.54) is 0 Å². The second kappa shape index (κ2) is 3.32. The standard InChI is InChI=1S/C10H8ClN3/c1-6-4-7(11)10-8(5-6)13-9(14-10)2-3-12/h4-5H,2H2,1H3,(H,13,14). The monoisotopic (exact) mass is 205 g/mol. The first-order valence-electron chi connectivity index (χ1n) is 4.22. The highest BCUT2D eigenvalue weighted by Gasteiger charge is 2.06. The molecule has 14 heavy (non-hydrogen) atoms. The molecule has 70 valence electrons. The summed E-state index contributed by atoms with van der Waals surface area (Å²) in [5, 5.41) is 9.15. The quantitative estimate of drug-likeness (QED) is 0.778. The van der Waals surface area contributed by atoms with Gasteiger partial charge in [-0.3, -0.25) is 0 Å². The second-order valence-corrected chi connectivity index (χ2v) is 3.57. The highest BCUT2D eigenvalue weighted by molar-refractivity contribution is 6.35. The van der Waals surface area contributed by atoms with Crippen LogP contribution in [0.2, 0.25) is 5.02 Å². The smallest absolute Gasteiger partial charge is 0.121 e. The van der Waals surface area contributed by atoms with E-state index in [0.29, 0.717) is 10.8 Å². The number of nitrogens with one attached hydrogen (secondary N) is 1. The number of aryl methyl sites for hydroxylation is 1. The average Bonchev–Trinajstić information content (AvgIpc) is 2.48. The molecule has 0 fully saturated rings. The van der Waals surface area contributed by atoms with Crippen LogP contribution < -0.4 is 0 Å². The minimum absolute atomic E-state index is 0.282. The lowest BCUT2D eigenvalue weighted by Gasteiger charge is -1.94. The summed E-state index contributed by atoms with van der Waals surface area (Å²) in [5.41, 5.74) is 2.71. The number of aromatic nitrogens is 2. The predicted molar refractivity (Wildman–Crippen MR) is 55.2 cm³/mol. The van der Waals surface area contributed by atoms with Gasteiger partial charge in [-0.15, -0.1) is 0 Å². The van der Waals surface area contributed by atoms with E-state index in [0.717, 1.165) is 16.6 Å². The first-order chi connectivity index (χ1) is 6.70. The van der Waals surface area contributed by atoms with E-state index in [-0.39, 0.29) is 6.42 Å². The van der Waals surface area contributed by atoms with Crippen molar-refractivity contribution in [1.82, 2.24) is 9.97 Å². The van der Waals surface area contributed by atoms with Crippen molar-refractivity contribution in [3.05, 3.63) is 28.5 Å². The van der Waals surface area contributed by atoms with Gasteiger partial charge >= 0.3 is 0 Å². The normalized spacial score (nSPS) is 10.4. The van der Waals surface area contributed by atoms with Crippen LogP contribution in [-0.2, 0) is 6.42 Å². The number of hydrogen-bond acceptors (Lipinski definition) is 2. The molecule has 1 N–H and O–H groups in total. The molecule has 4 heteroatoms. The molecule has 0 atom stereocenters. The number of nitriles is 1. The summed E-state index contributed by atoms with van der Waals surface area (Å²) in [6.45, 7) is 1.97. The summed E-state index contributed by atoms with van der Waals surface area (Å²) < 4.78 is 0. The number of aromatic amines is 1. The van der Waals surface area contributed by atoms with Gasteiger partial charge in [0.05, 0.1) is 23.0 Å². The van der Waals surface area contributed by atoms with Crippen LogP contribution in [-0.4, -0.2) is 9.97 Å². The van der Waals surface area contributed by atoms with Crippen molar-refractivity contribution in [3.63, 3.8) is 0 Å². The first-order valence-corrected chi connectivity index (χ1v) is 4.60. The summed E-state index contributed by atoms with van der Waals surface area (Å²) >= 11 is 6.01. The molecule has 0 saturated heterocycles. The van der Waals surface area contributed by atoms with Gasteiger partial charge in [0.15, 0.2) is 0 Å². The van der Waals surface area contributed by atoms with Crippen LogP contribution in [0.3, 0.4) is 0 Å². The van der Waals surface area contributed by atoms with Gasteiger partial charge in [0.1, 0.15) is 11.3 Å². The summed E-state index contributed by atoms with van der Waals surface area (Å²) in [6, 6.07) is 5.87. The van der Waals surface area contributed by atoms with Gasteiger partial charge < -0.3 is 4.98 Å².